The zero-order valence-electron chi connectivity index (χ0n) is 12.0. The Bertz CT molecular complexity index is 219. The Kier molecular flexibility index (Phi) is 6.46. The normalized spacial score (nSPS) is 24.8. The molecule has 2 aliphatic rings. The number of rotatable bonds is 10. The molecule has 0 aromatic rings. The van der Waals surface area contributed by atoms with Crippen LogP contribution < -0.4 is 5.32 Å². The molecular formula is C15H30N2O. The van der Waals surface area contributed by atoms with Gasteiger partial charge in [-0.15, -0.1) is 0 Å². The van der Waals surface area contributed by atoms with Crippen LogP contribution in [-0.2, 0) is 4.74 Å². The highest BCUT2D eigenvalue weighted by Crippen LogP contribution is 2.21. The van der Waals surface area contributed by atoms with Crippen molar-refractivity contribution in [3.63, 3.8) is 0 Å². The van der Waals surface area contributed by atoms with Crippen LogP contribution in [0.2, 0.25) is 0 Å². The largest absolute Gasteiger partial charge is 0.381 e. The first kappa shape index (κ1) is 14.3. The highest BCUT2D eigenvalue weighted by atomic mass is 16.5. The van der Waals surface area contributed by atoms with Crippen molar-refractivity contribution in [2.75, 3.05) is 39.4 Å². The average Bonchev–Trinajstić information content (AvgIpc) is 3.11. The quantitative estimate of drug-likeness (QED) is 0.605. The van der Waals surface area contributed by atoms with E-state index in [0.29, 0.717) is 0 Å². The molecule has 18 heavy (non-hydrogen) atoms. The molecule has 0 radical (unpaired) electrons. The summed E-state index contributed by atoms with van der Waals surface area (Å²) in [5.41, 5.74) is 0. The molecule has 0 amide bonds. The lowest BCUT2D eigenvalue weighted by molar-refractivity contribution is 0.120. The SMILES string of the molecule is CCCCOCCCN1CCC(CNC2CC2)C1. The first-order chi connectivity index (χ1) is 8.88. The van der Waals surface area contributed by atoms with E-state index in [4.69, 9.17) is 4.74 Å². The van der Waals surface area contributed by atoms with Gasteiger partial charge in [-0.25, -0.2) is 0 Å². The Morgan fingerprint density at radius 1 is 1.17 bits per heavy atom. The predicted octanol–water partition coefficient (Wildman–Crippen LogP) is 2.27. The fourth-order valence-electron chi connectivity index (χ4n) is 2.64. The van der Waals surface area contributed by atoms with Crippen LogP contribution in [0, 0.1) is 5.92 Å². The van der Waals surface area contributed by atoms with Crippen molar-refractivity contribution in [1.82, 2.24) is 10.2 Å². The van der Waals surface area contributed by atoms with Gasteiger partial charge in [-0.05, 0) is 51.1 Å². The van der Waals surface area contributed by atoms with E-state index in [1.54, 1.807) is 0 Å². The monoisotopic (exact) mass is 254 g/mol. The Morgan fingerprint density at radius 3 is 2.78 bits per heavy atom. The van der Waals surface area contributed by atoms with Crippen molar-refractivity contribution >= 4 is 0 Å². The number of ether oxygens (including phenoxy) is 1. The van der Waals surface area contributed by atoms with Gasteiger partial charge in [0.1, 0.15) is 0 Å². The lowest BCUT2D eigenvalue weighted by atomic mass is 10.1. The molecule has 1 aliphatic carbocycles. The number of unbranched alkanes of at least 4 members (excludes halogenated alkanes) is 1. The summed E-state index contributed by atoms with van der Waals surface area (Å²) in [4.78, 5) is 2.61. The van der Waals surface area contributed by atoms with Gasteiger partial charge in [0, 0.05) is 32.3 Å². The molecule has 3 nitrogen and oxygen atoms in total. The molecule has 0 bridgehead atoms. The Balaban J connectivity index is 1.42. The van der Waals surface area contributed by atoms with E-state index in [-0.39, 0.29) is 0 Å². The van der Waals surface area contributed by atoms with Gasteiger partial charge in [0.05, 0.1) is 0 Å². The molecule has 1 saturated carbocycles. The van der Waals surface area contributed by atoms with E-state index in [2.05, 4.69) is 17.1 Å². The maximum absolute atomic E-state index is 5.61. The van der Waals surface area contributed by atoms with Gasteiger partial charge < -0.3 is 15.0 Å². The maximum atomic E-state index is 5.61. The molecule has 2 rings (SSSR count). The standard InChI is InChI=1S/C15H30N2O/c1-2-3-10-18-11-4-8-17-9-7-14(13-17)12-16-15-5-6-15/h14-16H,2-13H2,1H3. The third-order valence-electron chi connectivity index (χ3n) is 4.05. The van der Waals surface area contributed by atoms with Gasteiger partial charge in [-0.2, -0.15) is 0 Å². The molecule has 0 aromatic carbocycles. The van der Waals surface area contributed by atoms with Crippen LogP contribution in [0.5, 0.6) is 0 Å². The van der Waals surface area contributed by atoms with Crippen LogP contribution in [0.25, 0.3) is 0 Å². The summed E-state index contributed by atoms with van der Waals surface area (Å²) in [7, 11) is 0. The highest BCUT2D eigenvalue weighted by Gasteiger charge is 2.25. The second-order valence-electron chi connectivity index (χ2n) is 5.96. The van der Waals surface area contributed by atoms with E-state index in [9.17, 15) is 0 Å². The van der Waals surface area contributed by atoms with E-state index >= 15 is 0 Å². The van der Waals surface area contributed by atoms with Crippen molar-refractivity contribution < 1.29 is 4.74 Å². The first-order valence-corrected chi connectivity index (χ1v) is 7.92. The van der Waals surface area contributed by atoms with Gasteiger partial charge in [0.2, 0.25) is 0 Å². The predicted molar refractivity (Wildman–Crippen MR) is 75.9 cm³/mol. The van der Waals surface area contributed by atoms with Crippen molar-refractivity contribution in [3.8, 4) is 0 Å². The molecule has 1 N–H and O–H groups in total. The average molecular weight is 254 g/mol. The minimum atomic E-state index is 0.867. The van der Waals surface area contributed by atoms with Crippen molar-refractivity contribution in [2.24, 2.45) is 5.92 Å². The van der Waals surface area contributed by atoms with Gasteiger partial charge in [-0.3, -0.25) is 0 Å². The van der Waals surface area contributed by atoms with Crippen molar-refractivity contribution in [3.05, 3.63) is 0 Å². The molecule has 0 spiro atoms. The summed E-state index contributed by atoms with van der Waals surface area (Å²) in [6.07, 6.45) is 7.85. The first-order valence-electron chi connectivity index (χ1n) is 7.92. The minimum Gasteiger partial charge on any atom is -0.381 e. The number of hydrogen-bond acceptors (Lipinski definition) is 3. The molecule has 0 aromatic heterocycles. The minimum absolute atomic E-state index is 0.867. The Hall–Kier alpha value is -0.120. The zero-order chi connectivity index (χ0) is 12.6. The molecule has 1 heterocycles. The van der Waals surface area contributed by atoms with Crippen LogP contribution in [0.1, 0.15) is 45.4 Å². The van der Waals surface area contributed by atoms with Gasteiger partial charge in [-0.1, -0.05) is 13.3 Å². The molecule has 1 unspecified atom stereocenters. The summed E-state index contributed by atoms with van der Waals surface area (Å²) in [5, 5.41) is 3.66. The smallest absolute Gasteiger partial charge is 0.0478 e. The fraction of sp³-hybridized carbons (Fsp3) is 1.00. The number of nitrogens with zero attached hydrogens (tertiary/aromatic N) is 1. The molecule has 3 heteroatoms. The van der Waals surface area contributed by atoms with E-state index in [1.807, 2.05) is 0 Å². The second-order valence-corrected chi connectivity index (χ2v) is 5.96. The van der Waals surface area contributed by atoms with Crippen LogP contribution in [0.4, 0.5) is 0 Å². The van der Waals surface area contributed by atoms with Gasteiger partial charge >= 0.3 is 0 Å². The number of likely N-dealkylation sites (tertiary alicyclic amines) is 1. The topological polar surface area (TPSA) is 24.5 Å². The Labute approximate surface area is 112 Å². The molecule has 106 valence electrons. The van der Waals surface area contributed by atoms with Crippen LogP contribution in [0.15, 0.2) is 0 Å². The third kappa shape index (κ3) is 5.68. The summed E-state index contributed by atoms with van der Waals surface area (Å²) in [6, 6.07) is 0.867. The molecule has 1 saturated heterocycles. The summed E-state index contributed by atoms with van der Waals surface area (Å²) in [6.45, 7) is 9.18. The lowest BCUT2D eigenvalue weighted by Gasteiger charge is -2.16. The van der Waals surface area contributed by atoms with Crippen molar-refractivity contribution in [1.29, 1.82) is 0 Å². The summed E-state index contributed by atoms with van der Waals surface area (Å²) >= 11 is 0. The molecular weight excluding hydrogens is 224 g/mol. The zero-order valence-corrected chi connectivity index (χ0v) is 12.0. The van der Waals surface area contributed by atoms with E-state index < -0.39 is 0 Å². The summed E-state index contributed by atoms with van der Waals surface area (Å²) in [5.74, 6) is 0.895. The van der Waals surface area contributed by atoms with Gasteiger partial charge in [0.25, 0.3) is 0 Å². The van der Waals surface area contributed by atoms with E-state index in [1.165, 1.54) is 64.7 Å². The number of nitrogens with one attached hydrogen (secondary N) is 1. The van der Waals surface area contributed by atoms with Crippen LogP contribution >= 0.6 is 0 Å². The molecule has 1 aliphatic heterocycles. The van der Waals surface area contributed by atoms with Crippen molar-refractivity contribution in [2.45, 2.75) is 51.5 Å². The fourth-order valence-corrected chi connectivity index (χ4v) is 2.64. The molecule has 2 fully saturated rings. The second kappa shape index (κ2) is 8.13. The highest BCUT2D eigenvalue weighted by molar-refractivity contribution is 4.84. The van der Waals surface area contributed by atoms with Crippen LogP contribution in [0.3, 0.4) is 0 Å². The molecule has 1 atom stereocenters. The van der Waals surface area contributed by atoms with Crippen LogP contribution in [-0.4, -0.2) is 50.3 Å². The van der Waals surface area contributed by atoms with Gasteiger partial charge in [0.15, 0.2) is 0 Å². The maximum Gasteiger partial charge on any atom is 0.0478 e. The van der Waals surface area contributed by atoms with E-state index in [0.717, 1.165) is 25.2 Å². The number of hydrogen-bond donors (Lipinski definition) is 1. The third-order valence-corrected chi connectivity index (χ3v) is 4.05. The Morgan fingerprint density at radius 2 is 2.00 bits per heavy atom. The summed E-state index contributed by atoms with van der Waals surface area (Å²) < 4.78 is 5.61. The lowest BCUT2D eigenvalue weighted by Crippen LogP contribution is -2.28.